The number of benzene rings is 1. The second-order valence-corrected chi connectivity index (χ2v) is 4.98. The van der Waals surface area contributed by atoms with Crippen molar-refractivity contribution in [1.82, 2.24) is 40.4 Å². The molecule has 25 heavy (non-hydrogen) atoms. The van der Waals surface area contributed by atoms with E-state index in [-0.39, 0.29) is 23.6 Å². The molecule has 0 amide bonds. The van der Waals surface area contributed by atoms with E-state index < -0.39 is 0 Å². The summed E-state index contributed by atoms with van der Waals surface area (Å²) in [7, 11) is 0. The fourth-order valence-electron chi connectivity index (χ4n) is 2.05. The molecule has 0 aliphatic heterocycles. The van der Waals surface area contributed by atoms with E-state index in [1.54, 1.807) is 0 Å². The number of aliphatic imine (C=N–C) groups is 1. The summed E-state index contributed by atoms with van der Waals surface area (Å²) in [6.45, 7) is 0.712. The molecule has 0 spiro atoms. The topological polar surface area (TPSA) is 201 Å². The molecule has 0 aliphatic rings. The lowest BCUT2D eigenvalue weighted by Gasteiger charge is -2.07. The first kappa shape index (κ1) is 16.0. The molecule has 0 bridgehead atoms. The molecule has 3 aromatic rings. The minimum atomic E-state index is -0.237. The molecule has 0 atom stereocenters. The van der Waals surface area contributed by atoms with Gasteiger partial charge in [-0.1, -0.05) is 29.4 Å². The second kappa shape index (κ2) is 6.69. The van der Waals surface area contributed by atoms with Crippen molar-refractivity contribution < 1.29 is 0 Å². The number of nitrogen functional groups attached to an aromatic ring is 1. The van der Waals surface area contributed by atoms with Crippen molar-refractivity contribution in [3.05, 3.63) is 41.2 Å². The Morgan fingerprint density at radius 3 is 2.12 bits per heavy atom. The van der Waals surface area contributed by atoms with Crippen LogP contribution < -0.4 is 17.2 Å². The molecular weight excluding hydrogens is 326 g/mol. The first-order valence-corrected chi connectivity index (χ1v) is 7.07. The van der Waals surface area contributed by atoms with E-state index in [2.05, 4.69) is 35.8 Å². The van der Waals surface area contributed by atoms with E-state index in [4.69, 9.17) is 22.6 Å². The Balaban J connectivity index is 1.79. The summed E-state index contributed by atoms with van der Waals surface area (Å²) in [5, 5.41) is 30.7. The van der Waals surface area contributed by atoms with E-state index in [0.29, 0.717) is 13.1 Å². The quantitative estimate of drug-likeness (QED) is 0.287. The first-order chi connectivity index (χ1) is 12.0. The maximum absolute atomic E-state index is 7.31. The summed E-state index contributed by atoms with van der Waals surface area (Å²) >= 11 is 0. The molecule has 0 saturated carbocycles. The van der Waals surface area contributed by atoms with Gasteiger partial charge in [0.25, 0.3) is 5.95 Å². The maximum atomic E-state index is 7.31. The molecule has 2 heterocycles. The Labute approximate surface area is 141 Å². The Kier molecular flexibility index (Phi) is 4.28. The SMILES string of the molecule is N=C(N)c1nnn(Cc2ccccc2Cn2nnc(N=C(N)N)n2)n1. The molecule has 0 radical (unpaired) electrons. The van der Waals surface area contributed by atoms with Gasteiger partial charge in [-0.25, -0.2) is 0 Å². The second-order valence-electron chi connectivity index (χ2n) is 4.98. The number of guanidine groups is 1. The summed E-state index contributed by atoms with van der Waals surface area (Å²) in [4.78, 5) is 6.46. The average Bonchev–Trinajstić information content (AvgIpc) is 3.18. The highest BCUT2D eigenvalue weighted by molar-refractivity contribution is 5.90. The zero-order valence-corrected chi connectivity index (χ0v) is 13.0. The van der Waals surface area contributed by atoms with Gasteiger partial charge in [0.05, 0.1) is 13.1 Å². The van der Waals surface area contributed by atoms with Crippen LogP contribution in [0.4, 0.5) is 5.95 Å². The molecule has 0 saturated heterocycles. The van der Waals surface area contributed by atoms with Crippen molar-refractivity contribution >= 4 is 17.7 Å². The molecule has 0 fully saturated rings. The number of tetrazole rings is 2. The van der Waals surface area contributed by atoms with Crippen molar-refractivity contribution in [3.8, 4) is 0 Å². The van der Waals surface area contributed by atoms with Gasteiger partial charge in [0.2, 0.25) is 5.82 Å². The van der Waals surface area contributed by atoms with Gasteiger partial charge in [0, 0.05) is 0 Å². The minimum Gasteiger partial charge on any atom is -0.381 e. The number of rotatable bonds is 6. The Hall–Kier alpha value is -3.90. The molecule has 128 valence electrons. The van der Waals surface area contributed by atoms with Gasteiger partial charge in [0.15, 0.2) is 11.8 Å². The zero-order chi connectivity index (χ0) is 17.8. The lowest BCUT2D eigenvalue weighted by Crippen LogP contribution is -2.22. The number of aromatic nitrogens is 8. The van der Waals surface area contributed by atoms with Crippen LogP contribution in [-0.4, -0.2) is 52.2 Å². The summed E-state index contributed by atoms with van der Waals surface area (Å²) < 4.78 is 0. The Bertz CT molecular complexity index is 916. The van der Waals surface area contributed by atoms with Crippen LogP contribution in [0.2, 0.25) is 0 Å². The predicted molar refractivity (Wildman–Crippen MR) is 86.8 cm³/mol. The summed E-state index contributed by atoms with van der Waals surface area (Å²) in [6.07, 6.45) is 0. The predicted octanol–water partition coefficient (Wildman–Crippen LogP) is -2.05. The number of nitrogens with two attached hydrogens (primary N) is 3. The van der Waals surface area contributed by atoms with Crippen molar-refractivity contribution in [1.29, 1.82) is 5.41 Å². The van der Waals surface area contributed by atoms with E-state index in [9.17, 15) is 0 Å². The number of hydrogen-bond donors (Lipinski definition) is 4. The molecule has 0 aliphatic carbocycles. The third kappa shape index (κ3) is 3.90. The summed E-state index contributed by atoms with van der Waals surface area (Å²) in [5.41, 5.74) is 17.8. The van der Waals surface area contributed by atoms with Crippen molar-refractivity contribution in [3.63, 3.8) is 0 Å². The average molecular weight is 341 g/mol. The normalized spacial score (nSPS) is 10.6. The van der Waals surface area contributed by atoms with E-state index in [1.165, 1.54) is 9.59 Å². The van der Waals surface area contributed by atoms with Crippen LogP contribution in [0, 0.1) is 5.41 Å². The van der Waals surface area contributed by atoms with Crippen molar-refractivity contribution in [2.45, 2.75) is 13.1 Å². The van der Waals surface area contributed by atoms with Gasteiger partial charge in [-0.3, -0.25) is 5.41 Å². The fourth-order valence-corrected chi connectivity index (χ4v) is 2.05. The number of nitrogens with one attached hydrogen (secondary N) is 1. The maximum Gasteiger partial charge on any atom is 0.292 e. The molecule has 3 rings (SSSR count). The molecule has 0 unspecified atom stereocenters. The summed E-state index contributed by atoms with van der Waals surface area (Å²) in [6, 6.07) is 7.62. The molecule has 2 aromatic heterocycles. The molecule has 7 N–H and O–H groups in total. The lowest BCUT2D eigenvalue weighted by molar-refractivity contribution is 0.548. The van der Waals surface area contributed by atoms with Gasteiger partial charge >= 0.3 is 0 Å². The molecule has 13 heteroatoms. The van der Waals surface area contributed by atoms with Crippen LogP contribution >= 0.6 is 0 Å². The monoisotopic (exact) mass is 341 g/mol. The minimum absolute atomic E-state index is 0.0808. The fraction of sp³-hybridized carbons (Fsp3) is 0.167. The van der Waals surface area contributed by atoms with Crippen LogP contribution in [0.25, 0.3) is 0 Å². The van der Waals surface area contributed by atoms with E-state index in [0.717, 1.165) is 11.1 Å². The van der Waals surface area contributed by atoms with Crippen LogP contribution in [-0.2, 0) is 13.1 Å². The van der Waals surface area contributed by atoms with E-state index in [1.807, 2.05) is 24.3 Å². The van der Waals surface area contributed by atoms with Gasteiger partial charge in [-0.05, 0) is 21.6 Å². The highest BCUT2D eigenvalue weighted by Gasteiger charge is 2.10. The van der Waals surface area contributed by atoms with Gasteiger partial charge in [0.1, 0.15) is 0 Å². The largest absolute Gasteiger partial charge is 0.381 e. The van der Waals surface area contributed by atoms with Crippen molar-refractivity contribution in [2.75, 3.05) is 0 Å². The van der Waals surface area contributed by atoms with Crippen LogP contribution in [0.5, 0.6) is 0 Å². The highest BCUT2D eigenvalue weighted by atomic mass is 15.6. The van der Waals surface area contributed by atoms with E-state index >= 15 is 0 Å². The third-order valence-electron chi connectivity index (χ3n) is 3.11. The summed E-state index contributed by atoms with van der Waals surface area (Å²) in [5.74, 6) is -0.212. The highest BCUT2D eigenvalue weighted by Crippen LogP contribution is 2.11. The lowest BCUT2D eigenvalue weighted by atomic mass is 10.1. The standard InChI is InChI=1S/C12H15N13/c13-9(14)10-18-22-24(20-10)5-7-3-1-2-4-8(7)6-25-21-12(19-23-25)17-11(15)16/h1-4H,5-6H2,(H3,13,14)(H4,15,16,17,21). The van der Waals surface area contributed by atoms with Gasteiger partial charge in [-0.15, -0.1) is 15.3 Å². The number of amidine groups is 1. The van der Waals surface area contributed by atoms with Crippen molar-refractivity contribution in [2.24, 2.45) is 22.2 Å². The van der Waals surface area contributed by atoms with Crippen LogP contribution in [0.1, 0.15) is 17.0 Å². The number of hydrogen-bond acceptors (Lipinski definition) is 8. The smallest absolute Gasteiger partial charge is 0.292 e. The van der Waals surface area contributed by atoms with Gasteiger partial charge in [-0.2, -0.15) is 14.6 Å². The van der Waals surface area contributed by atoms with Gasteiger partial charge < -0.3 is 17.2 Å². The first-order valence-electron chi connectivity index (χ1n) is 7.07. The van der Waals surface area contributed by atoms with Crippen LogP contribution in [0.15, 0.2) is 29.3 Å². The van der Waals surface area contributed by atoms with Crippen LogP contribution in [0.3, 0.4) is 0 Å². The Morgan fingerprint density at radius 1 is 0.960 bits per heavy atom. The number of nitrogens with zero attached hydrogens (tertiary/aromatic N) is 9. The molecule has 13 nitrogen and oxygen atoms in total. The molecule has 1 aromatic carbocycles. The Morgan fingerprint density at radius 2 is 1.56 bits per heavy atom. The third-order valence-corrected chi connectivity index (χ3v) is 3.11. The molecular formula is C12H15N13. The zero-order valence-electron chi connectivity index (χ0n) is 13.0.